The number of benzene rings is 1. The minimum atomic E-state index is 0.147. The third-order valence-corrected chi connectivity index (χ3v) is 1.62. The summed E-state index contributed by atoms with van der Waals surface area (Å²) < 4.78 is 4.91. The molecular weight excluding hydrogens is 164 g/mol. The maximum atomic E-state index is 9.41. The predicted molar refractivity (Wildman–Crippen MR) is 52.9 cm³/mol. The monoisotopic (exact) mass is 176 g/mol. The third kappa shape index (κ3) is 2.39. The number of ether oxygens (including phenoxy) is 1. The molecule has 0 aromatic heterocycles. The molecule has 1 aromatic rings. The summed E-state index contributed by atoms with van der Waals surface area (Å²) in [6.45, 7) is 1.89. The van der Waals surface area contributed by atoms with Crippen molar-refractivity contribution in [2.45, 2.75) is 6.92 Å². The maximum absolute atomic E-state index is 9.41. The molecule has 0 amide bonds. The molecule has 13 heavy (non-hydrogen) atoms. The molecule has 0 aliphatic carbocycles. The highest BCUT2D eigenvalue weighted by atomic mass is 16.5. The standard InChI is InChI=1S/C11H12O2/c1-3-4-5-9-6-7-11(13-2)10(12)8-9/h3,5-8,12H,1-2H3. The quantitative estimate of drug-likeness (QED) is 0.702. The first-order chi connectivity index (χ1) is 6.27. The van der Waals surface area contributed by atoms with Crippen molar-refractivity contribution in [3.63, 3.8) is 0 Å². The molecule has 0 heterocycles. The molecule has 1 N–H and O–H groups in total. The van der Waals surface area contributed by atoms with Crippen LogP contribution in [0, 0.1) is 0 Å². The van der Waals surface area contributed by atoms with E-state index in [1.807, 2.05) is 13.0 Å². The summed E-state index contributed by atoms with van der Waals surface area (Å²) in [4.78, 5) is 0. The van der Waals surface area contributed by atoms with Crippen LogP contribution in [0.5, 0.6) is 11.5 Å². The molecule has 0 saturated heterocycles. The van der Waals surface area contributed by atoms with E-state index < -0.39 is 0 Å². The summed E-state index contributed by atoms with van der Waals surface area (Å²) in [5, 5.41) is 9.41. The Kier molecular flexibility index (Phi) is 3.18. The van der Waals surface area contributed by atoms with Crippen LogP contribution >= 0.6 is 0 Å². The average molecular weight is 176 g/mol. The molecule has 2 heteroatoms. The van der Waals surface area contributed by atoms with E-state index in [4.69, 9.17) is 4.74 Å². The van der Waals surface area contributed by atoms with Crippen LogP contribution in [-0.4, -0.2) is 12.2 Å². The van der Waals surface area contributed by atoms with E-state index in [1.54, 1.807) is 24.3 Å². The molecule has 0 aliphatic heterocycles. The van der Waals surface area contributed by atoms with Crippen LogP contribution in [0.2, 0.25) is 0 Å². The van der Waals surface area contributed by atoms with Crippen molar-refractivity contribution in [1.29, 1.82) is 0 Å². The minimum absolute atomic E-state index is 0.147. The molecule has 0 saturated carbocycles. The van der Waals surface area contributed by atoms with Crippen molar-refractivity contribution in [1.82, 2.24) is 0 Å². The second-order valence-electron chi connectivity index (χ2n) is 2.53. The highest BCUT2D eigenvalue weighted by Gasteiger charge is 1.99. The molecular formula is C11H12O2. The van der Waals surface area contributed by atoms with Crippen molar-refractivity contribution in [2.75, 3.05) is 7.11 Å². The summed E-state index contributed by atoms with van der Waals surface area (Å²) in [5.74, 6) is 0.631. The van der Waals surface area contributed by atoms with Gasteiger partial charge in [-0.1, -0.05) is 6.07 Å². The molecule has 0 bridgehead atoms. The van der Waals surface area contributed by atoms with Crippen LogP contribution < -0.4 is 4.74 Å². The van der Waals surface area contributed by atoms with Gasteiger partial charge in [-0.2, -0.15) is 0 Å². The van der Waals surface area contributed by atoms with Gasteiger partial charge in [0.25, 0.3) is 0 Å². The fourth-order valence-corrected chi connectivity index (χ4v) is 0.976. The van der Waals surface area contributed by atoms with E-state index in [0.717, 1.165) is 5.56 Å². The maximum Gasteiger partial charge on any atom is 0.160 e. The molecule has 0 atom stereocenters. The van der Waals surface area contributed by atoms with Crippen LogP contribution in [0.25, 0.3) is 6.08 Å². The molecule has 0 fully saturated rings. The second-order valence-corrected chi connectivity index (χ2v) is 2.53. The summed E-state index contributed by atoms with van der Waals surface area (Å²) in [7, 11) is 1.52. The molecule has 1 rings (SSSR count). The second kappa shape index (κ2) is 4.39. The Labute approximate surface area is 77.8 Å². The van der Waals surface area contributed by atoms with Crippen LogP contribution in [0.4, 0.5) is 0 Å². The molecule has 2 nitrogen and oxygen atoms in total. The van der Waals surface area contributed by atoms with Gasteiger partial charge < -0.3 is 9.84 Å². The molecule has 0 radical (unpaired) electrons. The van der Waals surface area contributed by atoms with Gasteiger partial charge in [0.15, 0.2) is 11.5 Å². The van der Waals surface area contributed by atoms with Crippen LogP contribution in [0.15, 0.2) is 30.0 Å². The Balaban J connectivity index is 3.02. The lowest BCUT2D eigenvalue weighted by atomic mass is 10.2. The Morgan fingerprint density at radius 3 is 2.77 bits per heavy atom. The highest BCUT2D eigenvalue weighted by Crippen LogP contribution is 2.26. The van der Waals surface area contributed by atoms with E-state index in [0.29, 0.717) is 5.75 Å². The Hall–Kier alpha value is -1.66. The predicted octanol–water partition coefficient (Wildman–Crippen LogP) is 2.59. The number of aromatic hydroxyl groups is 1. The lowest BCUT2D eigenvalue weighted by Gasteiger charge is -2.02. The summed E-state index contributed by atoms with van der Waals surface area (Å²) in [5.41, 5.74) is 3.83. The zero-order chi connectivity index (χ0) is 9.68. The van der Waals surface area contributed by atoms with Gasteiger partial charge in [-0.05, 0) is 36.8 Å². The van der Waals surface area contributed by atoms with Crippen molar-refractivity contribution in [3.05, 3.63) is 35.6 Å². The van der Waals surface area contributed by atoms with E-state index in [1.165, 1.54) is 7.11 Å². The SMILES string of the molecule is CC=C=Cc1ccc(OC)c(O)c1. The number of allylic oxidation sites excluding steroid dienone is 1. The number of phenols is 1. The van der Waals surface area contributed by atoms with Crippen molar-refractivity contribution in [3.8, 4) is 11.5 Å². The molecule has 0 spiro atoms. The van der Waals surface area contributed by atoms with Gasteiger partial charge in [-0.25, -0.2) is 0 Å². The van der Waals surface area contributed by atoms with E-state index in [2.05, 4.69) is 5.73 Å². The normalized spacial score (nSPS) is 8.77. The van der Waals surface area contributed by atoms with Crippen LogP contribution in [0.1, 0.15) is 12.5 Å². The van der Waals surface area contributed by atoms with Gasteiger partial charge in [0.2, 0.25) is 0 Å². The minimum Gasteiger partial charge on any atom is -0.504 e. The largest absolute Gasteiger partial charge is 0.504 e. The van der Waals surface area contributed by atoms with Gasteiger partial charge in [0.05, 0.1) is 7.11 Å². The molecule has 0 aliphatic rings. The molecule has 0 unspecified atom stereocenters. The number of hydrogen-bond donors (Lipinski definition) is 1. The van der Waals surface area contributed by atoms with Crippen molar-refractivity contribution in [2.24, 2.45) is 0 Å². The molecule has 68 valence electrons. The number of methoxy groups -OCH3 is 1. The van der Waals surface area contributed by atoms with E-state index in [-0.39, 0.29) is 5.75 Å². The van der Waals surface area contributed by atoms with Gasteiger partial charge in [-0.3, -0.25) is 0 Å². The number of hydrogen-bond acceptors (Lipinski definition) is 2. The average Bonchev–Trinajstić information content (AvgIpc) is 2.15. The van der Waals surface area contributed by atoms with Crippen molar-refractivity contribution < 1.29 is 9.84 Å². The van der Waals surface area contributed by atoms with E-state index >= 15 is 0 Å². The number of phenolic OH excluding ortho intramolecular Hbond substituents is 1. The van der Waals surface area contributed by atoms with E-state index in [9.17, 15) is 5.11 Å². The summed E-state index contributed by atoms with van der Waals surface area (Å²) in [6, 6.07) is 5.21. The lowest BCUT2D eigenvalue weighted by molar-refractivity contribution is 0.373. The zero-order valence-electron chi connectivity index (χ0n) is 7.74. The molecule has 1 aromatic carbocycles. The van der Waals surface area contributed by atoms with Gasteiger partial charge >= 0.3 is 0 Å². The Morgan fingerprint density at radius 1 is 1.46 bits per heavy atom. The Bertz CT molecular complexity index is 347. The first-order valence-corrected chi connectivity index (χ1v) is 4.02. The first-order valence-electron chi connectivity index (χ1n) is 4.02. The van der Waals surface area contributed by atoms with Crippen LogP contribution in [0.3, 0.4) is 0 Å². The lowest BCUT2D eigenvalue weighted by Crippen LogP contribution is -1.83. The van der Waals surface area contributed by atoms with Gasteiger partial charge in [0.1, 0.15) is 0 Å². The summed E-state index contributed by atoms with van der Waals surface area (Å²) >= 11 is 0. The van der Waals surface area contributed by atoms with Gasteiger partial charge in [-0.15, -0.1) is 5.73 Å². The smallest absolute Gasteiger partial charge is 0.160 e. The van der Waals surface area contributed by atoms with Crippen molar-refractivity contribution >= 4 is 6.08 Å². The first kappa shape index (κ1) is 9.43. The highest BCUT2D eigenvalue weighted by molar-refractivity contribution is 5.54. The van der Waals surface area contributed by atoms with Gasteiger partial charge in [0, 0.05) is 0 Å². The van der Waals surface area contributed by atoms with Crippen LogP contribution in [-0.2, 0) is 0 Å². The fourth-order valence-electron chi connectivity index (χ4n) is 0.976. The Morgan fingerprint density at radius 2 is 2.23 bits per heavy atom. The summed E-state index contributed by atoms with van der Waals surface area (Å²) in [6.07, 6.45) is 3.60. The topological polar surface area (TPSA) is 29.5 Å². The third-order valence-electron chi connectivity index (χ3n) is 1.62. The fraction of sp³-hybridized carbons (Fsp3) is 0.182. The zero-order valence-corrected chi connectivity index (χ0v) is 7.74. The number of rotatable bonds is 2.